The van der Waals surface area contributed by atoms with Gasteiger partial charge >= 0.3 is 0 Å². The Morgan fingerprint density at radius 3 is 2.35 bits per heavy atom. The first kappa shape index (κ1) is 14.5. The van der Waals surface area contributed by atoms with Crippen molar-refractivity contribution in [3.63, 3.8) is 0 Å². The lowest BCUT2D eigenvalue weighted by Gasteiger charge is -2.26. The Kier molecular flexibility index (Phi) is 5.44. The van der Waals surface area contributed by atoms with E-state index in [9.17, 15) is 4.79 Å². The predicted octanol–water partition coefficient (Wildman–Crippen LogP) is 2.45. The van der Waals surface area contributed by atoms with E-state index in [1.54, 1.807) is 0 Å². The van der Waals surface area contributed by atoms with Crippen LogP contribution in [-0.4, -0.2) is 18.5 Å². The number of amides is 1. The minimum Gasteiger partial charge on any atom is -0.356 e. The number of carbonyl (C=O) groups is 1. The van der Waals surface area contributed by atoms with E-state index < -0.39 is 0 Å². The highest BCUT2D eigenvalue weighted by Gasteiger charge is 2.19. The van der Waals surface area contributed by atoms with Crippen molar-refractivity contribution >= 4 is 5.91 Å². The lowest BCUT2D eigenvalue weighted by molar-refractivity contribution is -0.121. The van der Waals surface area contributed by atoms with E-state index in [1.807, 2.05) is 0 Å². The molecule has 0 aromatic rings. The highest BCUT2D eigenvalue weighted by atomic mass is 16.1. The summed E-state index contributed by atoms with van der Waals surface area (Å²) in [5, 5.41) is 3.06. The minimum absolute atomic E-state index is 0.204. The van der Waals surface area contributed by atoms with Gasteiger partial charge in [-0.3, -0.25) is 4.79 Å². The van der Waals surface area contributed by atoms with E-state index in [0.717, 1.165) is 25.8 Å². The molecular formula is C14H28N2O. The average molecular weight is 240 g/mol. The van der Waals surface area contributed by atoms with Crippen molar-refractivity contribution in [3.8, 4) is 0 Å². The van der Waals surface area contributed by atoms with E-state index >= 15 is 0 Å². The molecule has 3 nitrogen and oxygen atoms in total. The second-order valence-electron chi connectivity index (χ2n) is 6.65. The number of nitrogens with one attached hydrogen (secondary N) is 1. The summed E-state index contributed by atoms with van der Waals surface area (Å²) >= 11 is 0. The van der Waals surface area contributed by atoms with Crippen molar-refractivity contribution in [3.05, 3.63) is 0 Å². The molecule has 0 saturated heterocycles. The standard InChI is InChI=1S/C14H28N2O/c1-14(2,3)9-8-13(17)16-10-11-4-6-12(15)7-5-11/h11-12H,4-10,15H2,1-3H3,(H,16,17). The van der Waals surface area contributed by atoms with Crippen LogP contribution < -0.4 is 11.1 Å². The van der Waals surface area contributed by atoms with Gasteiger partial charge in [0.15, 0.2) is 0 Å². The van der Waals surface area contributed by atoms with Crippen LogP contribution in [0.15, 0.2) is 0 Å². The molecule has 0 unspecified atom stereocenters. The van der Waals surface area contributed by atoms with Crippen LogP contribution in [0, 0.1) is 11.3 Å². The molecular weight excluding hydrogens is 212 g/mol. The molecule has 1 amide bonds. The number of rotatable bonds is 4. The first-order chi connectivity index (χ1) is 7.87. The largest absolute Gasteiger partial charge is 0.356 e. The quantitative estimate of drug-likeness (QED) is 0.793. The van der Waals surface area contributed by atoms with Crippen LogP contribution in [0.4, 0.5) is 0 Å². The maximum atomic E-state index is 11.7. The number of hydrogen-bond donors (Lipinski definition) is 2. The first-order valence-electron chi connectivity index (χ1n) is 6.89. The summed E-state index contributed by atoms with van der Waals surface area (Å²) < 4.78 is 0. The van der Waals surface area contributed by atoms with E-state index in [4.69, 9.17) is 5.73 Å². The molecule has 3 N–H and O–H groups in total. The summed E-state index contributed by atoms with van der Waals surface area (Å²) in [5.74, 6) is 0.850. The van der Waals surface area contributed by atoms with Crippen molar-refractivity contribution < 1.29 is 4.79 Å². The van der Waals surface area contributed by atoms with Crippen LogP contribution in [0.2, 0.25) is 0 Å². The Bertz CT molecular complexity index is 237. The molecule has 0 aromatic carbocycles. The zero-order valence-corrected chi connectivity index (χ0v) is 11.6. The van der Waals surface area contributed by atoms with Gasteiger partial charge in [0.25, 0.3) is 0 Å². The molecule has 100 valence electrons. The summed E-state index contributed by atoms with van der Waals surface area (Å²) in [7, 11) is 0. The minimum atomic E-state index is 0.204. The van der Waals surface area contributed by atoms with Crippen molar-refractivity contribution in [1.82, 2.24) is 5.32 Å². The second kappa shape index (κ2) is 6.39. The van der Waals surface area contributed by atoms with Gasteiger partial charge in [-0.15, -0.1) is 0 Å². The Morgan fingerprint density at radius 1 is 1.24 bits per heavy atom. The van der Waals surface area contributed by atoms with Gasteiger partial charge < -0.3 is 11.1 Å². The molecule has 1 saturated carbocycles. The maximum absolute atomic E-state index is 11.7. The van der Waals surface area contributed by atoms with E-state index in [2.05, 4.69) is 26.1 Å². The van der Waals surface area contributed by atoms with E-state index in [-0.39, 0.29) is 11.3 Å². The molecule has 3 heteroatoms. The first-order valence-corrected chi connectivity index (χ1v) is 6.89. The maximum Gasteiger partial charge on any atom is 0.220 e. The van der Waals surface area contributed by atoms with Gasteiger partial charge in [-0.05, 0) is 43.4 Å². The molecule has 0 aliphatic heterocycles. The zero-order chi connectivity index (χ0) is 12.9. The fraction of sp³-hybridized carbons (Fsp3) is 0.929. The summed E-state index contributed by atoms with van der Waals surface area (Å²) in [6.45, 7) is 7.35. The summed E-state index contributed by atoms with van der Waals surface area (Å²) in [5.41, 5.74) is 6.11. The summed E-state index contributed by atoms with van der Waals surface area (Å²) in [4.78, 5) is 11.7. The van der Waals surface area contributed by atoms with Crippen LogP contribution in [0.5, 0.6) is 0 Å². The highest BCUT2D eigenvalue weighted by Crippen LogP contribution is 2.23. The molecule has 1 rings (SSSR count). The molecule has 0 bridgehead atoms. The number of nitrogens with two attached hydrogens (primary N) is 1. The smallest absolute Gasteiger partial charge is 0.220 e. The Balaban J connectivity index is 2.11. The summed E-state index contributed by atoms with van der Waals surface area (Å²) in [6.07, 6.45) is 6.16. The molecule has 1 fully saturated rings. The third kappa shape index (κ3) is 6.67. The van der Waals surface area contributed by atoms with Crippen LogP contribution in [0.3, 0.4) is 0 Å². The van der Waals surface area contributed by atoms with Gasteiger partial charge in [0.05, 0.1) is 0 Å². The number of hydrogen-bond acceptors (Lipinski definition) is 2. The molecule has 0 radical (unpaired) electrons. The Hall–Kier alpha value is -0.570. The topological polar surface area (TPSA) is 55.1 Å². The average Bonchev–Trinajstić information content (AvgIpc) is 2.25. The van der Waals surface area contributed by atoms with Crippen molar-refractivity contribution in [2.45, 2.75) is 65.3 Å². The predicted molar refractivity (Wildman–Crippen MR) is 71.6 cm³/mol. The van der Waals surface area contributed by atoms with Gasteiger partial charge in [0, 0.05) is 19.0 Å². The third-order valence-corrected chi connectivity index (χ3v) is 3.58. The van der Waals surface area contributed by atoms with Crippen molar-refractivity contribution in [2.24, 2.45) is 17.1 Å². The van der Waals surface area contributed by atoms with Crippen LogP contribution >= 0.6 is 0 Å². The third-order valence-electron chi connectivity index (χ3n) is 3.58. The van der Waals surface area contributed by atoms with Crippen molar-refractivity contribution in [1.29, 1.82) is 0 Å². The fourth-order valence-corrected chi connectivity index (χ4v) is 2.23. The fourth-order valence-electron chi connectivity index (χ4n) is 2.23. The normalized spacial score (nSPS) is 25.6. The van der Waals surface area contributed by atoms with E-state index in [1.165, 1.54) is 12.8 Å². The molecule has 17 heavy (non-hydrogen) atoms. The lowest BCUT2D eigenvalue weighted by Crippen LogP contribution is -2.34. The monoisotopic (exact) mass is 240 g/mol. The Morgan fingerprint density at radius 2 is 1.82 bits per heavy atom. The zero-order valence-electron chi connectivity index (χ0n) is 11.6. The molecule has 1 aliphatic carbocycles. The van der Waals surface area contributed by atoms with Gasteiger partial charge in [-0.1, -0.05) is 20.8 Å². The molecule has 0 spiro atoms. The molecule has 0 atom stereocenters. The van der Waals surface area contributed by atoms with Crippen LogP contribution in [0.25, 0.3) is 0 Å². The lowest BCUT2D eigenvalue weighted by atomic mass is 9.86. The van der Waals surface area contributed by atoms with Gasteiger partial charge in [-0.2, -0.15) is 0 Å². The van der Waals surface area contributed by atoms with Crippen LogP contribution in [-0.2, 0) is 4.79 Å². The van der Waals surface area contributed by atoms with Gasteiger partial charge in [0.2, 0.25) is 5.91 Å². The molecule has 1 aliphatic rings. The van der Waals surface area contributed by atoms with Gasteiger partial charge in [0.1, 0.15) is 0 Å². The Labute approximate surface area is 106 Å². The second-order valence-corrected chi connectivity index (χ2v) is 6.65. The molecule has 0 aromatic heterocycles. The molecule has 0 heterocycles. The highest BCUT2D eigenvalue weighted by molar-refractivity contribution is 5.75. The van der Waals surface area contributed by atoms with Crippen molar-refractivity contribution in [2.75, 3.05) is 6.54 Å². The van der Waals surface area contributed by atoms with E-state index in [0.29, 0.717) is 18.4 Å². The van der Waals surface area contributed by atoms with Gasteiger partial charge in [-0.25, -0.2) is 0 Å². The SMILES string of the molecule is CC(C)(C)CCC(=O)NCC1CCC(N)CC1. The summed E-state index contributed by atoms with van der Waals surface area (Å²) in [6, 6.07) is 0.392. The number of carbonyl (C=O) groups excluding carboxylic acids is 1. The van der Waals surface area contributed by atoms with Crippen LogP contribution in [0.1, 0.15) is 59.3 Å².